The quantitative estimate of drug-likeness (QED) is 0.494. The number of fused-ring (bicyclic) bond motifs is 2. The second-order valence-corrected chi connectivity index (χ2v) is 9.80. The van der Waals surface area contributed by atoms with Crippen LogP contribution in [0.4, 0.5) is 0 Å². The number of carbonyl (C=O) groups is 5. The van der Waals surface area contributed by atoms with Gasteiger partial charge in [-0.3, -0.25) is 24.0 Å². The van der Waals surface area contributed by atoms with Crippen molar-refractivity contribution >= 4 is 29.5 Å². The SMILES string of the molecule is C[C@H]1NC(=O)CN(C)C(=O)[C@@H](Cc2ccccc2)NC(=O)[C@H]2CN(C(=O)c3ccccc3)C[C@H](CNC1=O)O2. The Hall–Kier alpha value is -4.25. The first-order valence-electron chi connectivity index (χ1n) is 12.9. The molecule has 4 atom stereocenters. The first-order valence-corrected chi connectivity index (χ1v) is 12.9. The van der Waals surface area contributed by atoms with Crippen LogP contribution in [0, 0.1) is 0 Å². The highest BCUT2D eigenvalue weighted by molar-refractivity contribution is 5.96. The van der Waals surface area contributed by atoms with E-state index < -0.39 is 47.9 Å². The van der Waals surface area contributed by atoms with Crippen LogP contribution in [0.15, 0.2) is 60.7 Å². The summed E-state index contributed by atoms with van der Waals surface area (Å²) in [5.74, 6) is -2.28. The van der Waals surface area contributed by atoms with Gasteiger partial charge >= 0.3 is 0 Å². The molecule has 5 amide bonds. The molecule has 206 valence electrons. The van der Waals surface area contributed by atoms with Crippen molar-refractivity contribution in [2.24, 2.45) is 0 Å². The molecule has 2 aromatic rings. The molecule has 4 rings (SSSR count). The second-order valence-electron chi connectivity index (χ2n) is 9.80. The topological polar surface area (TPSA) is 137 Å². The van der Waals surface area contributed by atoms with Crippen LogP contribution in [-0.2, 0) is 30.3 Å². The van der Waals surface area contributed by atoms with Gasteiger partial charge in [0.15, 0.2) is 6.10 Å². The number of carbonyl (C=O) groups excluding carboxylic acids is 5. The first kappa shape index (κ1) is 27.8. The van der Waals surface area contributed by atoms with Gasteiger partial charge in [0.1, 0.15) is 12.1 Å². The van der Waals surface area contributed by atoms with Crippen LogP contribution in [0.25, 0.3) is 0 Å². The maximum atomic E-state index is 13.5. The van der Waals surface area contributed by atoms with Crippen LogP contribution in [-0.4, -0.2) is 96.9 Å². The van der Waals surface area contributed by atoms with Crippen molar-refractivity contribution in [2.45, 2.75) is 37.6 Å². The third-order valence-electron chi connectivity index (χ3n) is 6.70. The van der Waals surface area contributed by atoms with Crippen molar-refractivity contribution < 1.29 is 28.7 Å². The minimum Gasteiger partial charge on any atom is -0.360 e. The average Bonchev–Trinajstić information content (AvgIpc) is 2.95. The average molecular weight is 536 g/mol. The Labute approximate surface area is 226 Å². The van der Waals surface area contributed by atoms with Gasteiger partial charge in [0.05, 0.1) is 19.2 Å². The van der Waals surface area contributed by atoms with Crippen molar-refractivity contribution in [1.82, 2.24) is 25.8 Å². The summed E-state index contributed by atoms with van der Waals surface area (Å²) in [4.78, 5) is 68.1. The van der Waals surface area contributed by atoms with Crippen LogP contribution < -0.4 is 16.0 Å². The van der Waals surface area contributed by atoms with Crippen LogP contribution in [0.3, 0.4) is 0 Å². The second kappa shape index (κ2) is 12.5. The molecule has 11 heteroatoms. The highest BCUT2D eigenvalue weighted by Crippen LogP contribution is 2.16. The molecule has 2 aromatic carbocycles. The summed E-state index contributed by atoms with van der Waals surface area (Å²) in [6.45, 7) is 1.38. The van der Waals surface area contributed by atoms with Crippen molar-refractivity contribution in [3.8, 4) is 0 Å². The number of likely N-dealkylation sites (N-methyl/N-ethyl adjacent to an activating group) is 1. The van der Waals surface area contributed by atoms with Crippen LogP contribution in [0.5, 0.6) is 0 Å². The molecule has 0 aromatic heterocycles. The minimum absolute atomic E-state index is 0.0215. The van der Waals surface area contributed by atoms with Gasteiger partial charge in [-0.1, -0.05) is 48.5 Å². The van der Waals surface area contributed by atoms with Crippen LogP contribution >= 0.6 is 0 Å². The Balaban J connectivity index is 1.62. The number of hydrogen-bond donors (Lipinski definition) is 3. The summed E-state index contributed by atoms with van der Waals surface area (Å²) in [7, 11) is 1.46. The zero-order valence-corrected chi connectivity index (χ0v) is 22.0. The van der Waals surface area contributed by atoms with E-state index in [1.54, 1.807) is 30.3 Å². The minimum atomic E-state index is -1.08. The van der Waals surface area contributed by atoms with E-state index in [0.29, 0.717) is 5.56 Å². The van der Waals surface area contributed by atoms with Gasteiger partial charge < -0.3 is 30.5 Å². The van der Waals surface area contributed by atoms with Crippen molar-refractivity contribution in [1.29, 1.82) is 0 Å². The Morgan fingerprint density at radius 1 is 0.923 bits per heavy atom. The third-order valence-corrected chi connectivity index (χ3v) is 6.70. The van der Waals surface area contributed by atoms with E-state index in [1.165, 1.54) is 23.8 Å². The van der Waals surface area contributed by atoms with Gasteiger partial charge in [0, 0.05) is 32.1 Å². The molecular weight excluding hydrogens is 502 g/mol. The van der Waals surface area contributed by atoms with Gasteiger partial charge in [-0.2, -0.15) is 0 Å². The Bertz CT molecular complexity index is 1210. The smallest absolute Gasteiger partial charge is 0.254 e. The lowest BCUT2D eigenvalue weighted by atomic mass is 10.0. The summed E-state index contributed by atoms with van der Waals surface area (Å²) in [6, 6.07) is 16.0. The zero-order valence-electron chi connectivity index (χ0n) is 22.0. The van der Waals surface area contributed by atoms with Gasteiger partial charge in [-0.05, 0) is 24.6 Å². The molecule has 11 nitrogen and oxygen atoms in total. The fourth-order valence-corrected chi connectivity index (χ4v) is 4.62. The van der Waals surface area contributed by atoms with E-state index in [9.17, 15) is 24.0 Å². The van der Waals surface area contributed by atoms with Gasteiger partial charge in [-0.25, -0.2) is 0 Å². The first-order chi connectivity index (χ1) is 18.7. The van der Waals surface area contributed by atoms with E-state index in [-0.39, 0.29) is 38.5 Å². The molecule has 0 radical (unpaired) electrons. The Morgan fingerprint density at radius 3 is 2.28 bits per heavy atom. The van der Waals surface area contributed by atoms with E-state index in [1.807, 2.05) is 30.3 Å². The predicted molar refractivity (Wildman–Crippen MR) is 141 cm³/mol. The molecule has 2 aliphatic heterocycles. The summed E-state index contributed by atoms with van der Waals surface area (Å²) in [5, 5.41) is 8.10. The molecule has 0 aliphatic carbocycles. The van der Waals surface area contributed by atoms with Gasteiger partial charge in [0.25, 0.3) is 11.8 Å². The largest absolute Gasteiger partial charge is 0.360 e. The van der Waals surface area contributed by atoms with Crippen LogP contribution in [0.1, 0.15) is 22.8 Å². The van der Waals surface area contributed by atoms with Crippen molar-refractivity contribution in [3.05, 3.63) is 71.8 Å². The molecule has 3 N–H and O–H groups in total. The molecular formula is C28H33N5O6. The standard InChI is InChI=1S/C28H33N5O6/c1-18-25(35)29-14-21-15-33(27(37)20-11-7-4-8-12-20)16-23(39-21)26(36)31-22(13-19-9-5-3-6-10-19)28(38)32(2)17-24(34)30-18/h3-12,18,21-23H,13-17H2,1-2H3,(H,29,35)(H,30,34)(H,31,36)/t18-,21+,22-,23-/m1/s1. The van der Waals surface area contributed by atoms with Crippen molar-refractivity contribution in [3.63, 3.8) is 0 Å². The normalized spacial score (nSPS) is 25.1. The Kier molecular flexibility index (Phi) is 8.92. The van der Waals surface area contributed by atoms with E-state index >= 15 is 0 Å². The number of morpholine rings is 1. The van der Waals surface area contributed by atoms with Crippen molar-refractivity contribution in [2.75, 3.05) is 33.2 Å². The molecule has 2 saturated heterocycles. The molecule has 0 spiro atoms. The number of nitrogens with one attached hydrogen (secondary N) is 3. The molecule has 0 saturated carbocycles. The van der Waals surface area contributed by atoms with E-state index in [0.717, 1.165) is 5.56 Å². The maximum absolute atomic E-state index is 13.5. The number of benzene rings is 2. The Morgan fingerprint density at radius 2 is 1.59 bits per heavy atom. The van der Waals surface area contributed by atoms with E-state index in [2.05, 4.69) is 16.0 Å². The maximum Gasteiger partial charge on any atom is 0.254 e. The predicted octanol–water partition coefficient (Wildman–Crippen LogP) is -0.283. The monoisotopic (exact) mass is 535 g/mol. The zero-order chi connectivity index (χ0) is 27.9. The summed E-state index contributed by atoms with van der Waals surface area (Å²) >= 11 is 0. The van der Waals surface area contributed by atoms with Gasteiger partial charge in [-0.15, -0.1) is 0 Å². The lowest BCUT2D eigenvalue weighted by Crippen LogP contribution is -2.59. The lowest BCUT2D eigenvalue weighted by Gasteiger charge is -2.38. The van der Waals surface area contributed by atoms with E-state index in [4.69, 9.17) is 4.74 Å². The highest BCUT2D eigenvalue weighted by atomic mass is 16.5. The summed E-state index contributed by atoms with van der Waals surface area (Å²) < 4.78 is 6.02. The van der Waals surface area contributed by atoms with Crippen LogP contribution in [0.2, 0.25) is 0 Å². The number of nitrogens with zero attached hydrogens (tertiary/aromatic N) is 2. The third kappa shape index (κ3) is 7.20. The number of hydrogen-bond acceptors (Lipinski definition) is 6. The number of ether oxygens (including phenoxy) is 1. The molecule has 2 fully saturated rings. The number of rotatable bonds is 3. The fourth-order valence-electron chi connectivity index (χ4n) is 4.62. The molecule has 2 bridgehead atoms. The fraction of sp³-hybridized carbons (Fsp3) is 0.393. The molecule has 2 aliphatic rings. The molecule has 2 heterocycles. The summed E-state index contributed by atoms with van der Waals surface area (Å²) in [5.41, 5.74) is 1.28. The van der Waals surface area contributed by atoms with Gasteiger partial charge in [0.2, 0.25) is 17.7 Å². The summed E-state index contributed by atoms with van der Waals surface area (Å²) in [6.07, 6.45) is -1.58. The lowest BCUT2D eigenvalue weighted by molar-refractivity contribution is -0.148. The molecule has 0 unspecified atom stereocenters. The highest BCUT2D eigenvalue weighted by Gasteiger charge is 2.37. The molecule has 39 heavy (non-hydrogen) atoms. The number of amides is 5.